The average Bonchev–Trinajstić information content (AvgIpc) is 3.04. The first-order valence-electron chi connectivity index (χ1n) is 10.1. The molecule has 1 atom stereocenters. The molecule has 1 aliphatic heterocycles. The minimum Gasteiger partial charge on any atom is -0.507 e. The topological polar surface area (TPSA) is 66.8 Å². The lowest BCUT2D eigenvalue weighted by molar-refractivity contribution is -0.132. The van der Waals surface area contributed by atoms with Crippen molar-refractivity contribution in [1.82, 2.24) is 0 Å². The van der Waals surface area contributed by atoms with Crippen LogP contribution in [0.3, 0.4) is 0 Å². The number of methoxy groups -OCH3 is 1. The van der Waals surface area contributed by atoms with E-state index in [-0.39, 0.29) is 17.0 Å². The van der Waals surface area contributed by atoms with Crippen LogP contribution in [0.2, 0.25) is 0 Å². The number of aliphatic hydroxyl groups excluding tert-OH is 1. The molecule has 5 nitrogen and oxygen atoms in total. The van der Waals surface area contributed by atoms with Gasteiger partial charge in [-0.25, -0.2) is 4.39 Å². The number of carbonyl (C=O) groups is 2. The van der Waals surface area contributed by atoms with Crippen molar-refractivity contribution in [3.63, 3.8) is 0 Å². The molecule has 0 radical (unpaired) electrons. The molecule has 1 heterocycles. The third-order valence-electron chi connectivity index (χ3n) is 5.68. The number of aryl methyl sites for hydroxylation is 2. The van der Waals surface area contributed by atoms with E-state index >= 15 is 0 Å². The van der Waals surface area contributed by atoms with Crippen LogP contribution in [-0.4, -0.2) is 23.9 Å². The molecule has 1 amide bonds. The number of anilines is 1. The maximum Gasteiger partial charge on any atom is 0.300 e. The monoisotopic (exact) mass is 431 g/mol. The Morgan fingerprint density at radius 1 is 0.969 bits per heavy atom. The fourth-order valence-corrected chi connectivity index (χ4v) is 4.09. The van der Waals surface area contributed by atoms with Gasteiger partial charge in [-0.2, -0.15) is 0 Å². The number of hydrogen-bond donors (Lipinski definition) is 1. The van der Waals surface area contributed by atoms with Crippen molar-refractivity contribution >= 4 is 23.1 Å². The zero-order valence-electron chi connectivity index (χ0n) is 17.9. The van der Waals surface area contributed by atoms with Gasteiger partial charge in [0.25, 0.3) is 11.7 Å². The normalized spacial score (nSPS) is 17.6. The number of Topliss-reactive ketones (excluding diaryl/α,β-unsaturated/α-hetero) is 1. The molecule has 162 valence electrons. The van der Waals surface area contributed by atoms with E-state index in [0.29, 0.717) is 16.9 Å². The number of ether oxygens (including phenoxy) is 1. The van der Waals surface area contributed by atoms with Gasteiger partial charge < -0.3 is 9.84 Å². The number of carbonyl (C=O) groups excluding carboxylic acids is 2. The number of nitrogens with zero attached hydrogens (tertiary/aromatic N) is 1. The minimum atomic E-state index is -0.902. The van der Waals surface area contributed by atoms with Crippen molar-refractivity contribution in [3.05, 3.63) is 100 Å². The lowest BCUT2D eigenvalue weighted by atomic mass is 9.92. The third-order valence-corrected chi connectivity index (χ3v) is 5.68. The molecule has 0 aromatic heterocycles. The summed E-state index contributed by atoms with van der Waals surface area (Å²) in [5.41, 5.74) is 2.85. The Hall–Kier alpha value is -3.93. The number of aliphatic hydroxyl groups is 1. The molecule has 1 N–H and O–H groups in total. The van der Waals surface area contributed by atoms with Crippen LogP contribution in [0.15, 0.2) is 72.3 Å². The lowest BCUT2D eigenvalue weighted by Crippen LogP contribution is -2.29. The van der Waals surface area contributed by atoms with Crippen LogP contribution in [0.25, 0.3) is 5.76 Å². The Balaban J connectivity index is 1.97. The molecule has 0 spiro atoms. The van der Waals surface area contributed by atoms with Crippen molar-refractivity contribution in [1.29, 1.82) is 0 Å². The summed E-state index contributed by atoms with van der Waals surface area (Å²) in [5, 5.41) is 11.2. The summed E-state index contributed by atoms with van der Waals surface area (Å²) in [5.74, 6) is -1.83. The highest BCUT2D eigenvalue weighted by molar-refractivity contribution is 6.51. The molecule has 1 unspecified atom stereocenters. The van der Waals surface area contributed by atoms with E-state index in [0.717, 1.165) is 11.1 Å². The highest BCUT2D eigenvalue weighted by atomic mass is 19.1. The van der Waals surface area contributed by atoms with Gasteiger partial charge in [-0.15, -0.1) is 0 Å². The molecule has 3 aromatic rings. The predicted octanol–water partition coefficient (Wildman–Crippen LogP) is 5.08. The lowest BCUT2D eigenvalue weighted by Gasteiger charge is -2.26. The molecule has 32 heavy (non-hydrogen) atoms. The van der Waals surface area contributed by atoms with Crippen molar-refractivity contribution in [2.45, 2.75) is 19.9 Å². The smallest absolute Gasteiger partial charge is 0.300 e. The quantitative estimate of drug-likeness (QED) is 0.356. The Bertz CT molecular complexity index is 1260. The molecule has 0 saturated carbocycles. The molecule has 1 saturated heterocycles. The minimum absolute atomic E-state index is 0.0434. The van der Waals surface area contributed by atoms with E-state index in [1.165, 1.54) is 23.1 Å². The first-order valence-corrected chi connectivity index (χ1v) is 10.1. The maximum atomic E-state index is 14.0. The molecule has 0 bridgehead atoms. The fraction of sp³-hybridized carbons (Fsp3) is 0.154. The van der Waals surface area contributed by atoms with Gasteiger partial charge in [-0.05, 0) is 66.9 Å². The molecule has 3 aromatic carbocycles. The van der Waals surface area contributed by atoms with Gasteiger partial charge >= 0.3 is 0 Å². The summed E-state index contributed by atoms with van der Waals surface area (Å²) in [6.45, 7) is 3.68. The average molecular weight is 431 g/mol. The standard InChI is InChI=1S/C26H22FNO4/c1-15-7-4-5-10-20(15)23-22(24(29)17-11-12-21(32-3)16(2)13-17)25(30)26(31)28(23)19-9-6-8-18(27)14-19/h4-14,23,29H,1-3H3/b24-22+. The van der Waals surface area contributed by atoms with Crippen LogP contribution in [0.5, 0.6) is 5.75 Å². The van der Waals surface area contributed by atoms with Gasteiger partial charge in [0.1, 0.15) is 17.3 Å². The molecule has 1 aliphatic rings. The molecular formula is C26H22FNO4. The van der Waals surface area contributed by atoms with Crippen molar-refractivity contribution in [2.24, 2.45) is 0 Å². The van der Waals surface area contributed by atoms with Crippen LogP contribution >= 0.6 is 0 Å². The fourth-order valence-electron chi connectivity index (χ4n) is 4.09. The molecule has 1 fully saturated rings. The van der Waals surface area contributed by atoms with Crippen LogP contribution in [0.1, 0.15) is 28.3 Å². The van der Waals surface area contributed by atoms with Crippen molar-refractivity contribution < 1.29 is 23.8 Å². The Morgan fingerprint density at radius 3 is 2.38 bits per heavy atom. The summed E-state index contributed by atoms with van der Waals surface area (Å²) >= 11 is 0. The Labute approximate surface area is 185 Å². The van der Waals surface area contributed by atoms with Crippen LogP contribution in [-0.2, 0) is 9.59 Å². The largest absolute Gasteiger partial charge is 0.507 e. The SMILES string of the molecule is COc1ccc(/C(O)=C2\C(=O)C(=O)N(c3cccc(F)c3)C2c2ccccc2C)cc1C. The van der Waals surface area contributed by atoms with E-state index in [9.17, 15) is 19.1 Å². The highest BCUT2D eigenvalue weighted by Gasteiger charge is 2.47. The van der Waals surface area contributed by atoms with Crippen LogP contribution in [0, 0.1) is 19.7 Å². The van der Waals surface area contributed by atoms with Gasteiger partial charge in [0.15, 0.2) is 0 Å². The molecule has 0 aliphatic carbocycles. The Morgan fingerprint density at radius 2 is 1.72 bits per heavy atom. The number of amides is 1. The van der Waals surface area contributed by atoms with Crippen LogP contribution < -0.4 is 9.64 Å². The summed E-state index contributed by atoms with van der Waals surface area (Å²) in [4.78, 5) is 27.5. The van der Waals surface area contributed by atoms with Crippen molar-refractivity contribution in [3.8, 4) is 5.75 Å². The van der Waals surface area contributed by atoms with E-state index in [2.05, 4.69) is 0 Å². The number of rotatable bonds is 4. The highest BCUT2D eigenvalue weighted by Crippen LogP contribution is 2.43. The second kappa shape index (κ2) is 8.30. The first kappa shape index (κ1) is 21.3. The Kier molecular flexibility index (Phi) is 5.53. The summed E-state index contributed by atoms with van der Waals surface area (Å²) < 4.78 is 19.3. The second-order valence-electron chi connectivity index (χ2n) is 7.69. The zero-order chi connectivity index (χ0) is 23.0. The number of hydrogen-bond acceptors (Lipinski definition) is 4. The third kappa shape index (κ3) is 3.54. The van der Waals surface area contributed by atoms with Gasteiger partial charge in [-0.3, -0.25) is 14.5 Å². The first-order chi connectivity index (χ1) is 15.3. The molecule has 6 heteroatoms. The maximum absolute atomic E-state index is 14.0. The number of benzene rings is 3. The van der Waals surface area contributed by atoms with Gasteiger partial charge in [0.2, 0.25) is 0 Å². The number of halogens is 1. The number of ketones is 1. The zero-order valence-corrected chi connectivity index (χ0v) is 17.9. The van der Waals surface area contributed by atoms with Gasteiger partial charge in [0.05, 0.1) is 18.7 Å². The van der Waals surface area contributed by atoms with E-state index in [4.69, 9.17) is 4.74 Å². The van der Waals surface area contributed by atoms with E-state index < -0.39 is 23.5 Å². The second-order valence-corrected chi connectivity index (χ2v) is 7.69. The molecular weight excluding hydrogens is 409 g/mol. The summed E-state index contributed by atoms with van der Waals surface area (Å²) in [7, 11) is 1.55. The van der Waals surface area contributed by atoms with E-state index in [1.807, 2.05) is 26.0 Å². The summed E-state index contributed by atoms with van der Waals surface area (Å²) in [6.07, 6.45) is 0. The van der Waals surface area contributed by atoms with Crippen LogP contribution in [0.4, 0.5) is 10.1 Å². The molecule has 4 rings (SSSR count). The summed E-state index contributed by atoms with van der Waals surface area (Å²) in [6, 6.07) is 16.9. The van der Waals surface area contributed by atoms with Gasteiger partial charge in [0, 0.05) is 11.3 Å². The van der Waals surface area contributed by atoms with Crippen molar-refractivity contribution in [2.75, 3.05) is 12.0 Å². The predicted molar refractivity (Wildman–Crippen MR) is 120 cm³/mol. The van der Waals surface area contributed by atoms with Gasteiger partial charge in [-0.1, -0.05) is 30.3 Å². The van der Waals surface area contributed by atoms with E-state index in [1.54, 1.807) is 43.5 Å².